The van der Waals surface area contributed by atoms with Gasteiger partial charge in [-0.3, -0.25) is 0 Å². The van der Waals surface area contributed by atoms with Crippen LogP contribution in [0.3, 0.4) is 0 Å². The molecular weight excluding hydrogens is 426 g/mol. The van der Waals surface area contributed by atoms with Gasteiger partial charge in [0.15, 0.2) is 5.82 Å². The van der Waals surface area contributed by atoms with E-state index in [-0.39, 0.29) is 12.2 Å². The highest BCUT2D eigenvalue weighted by molar-refractivity contribution is 5.63. The van der Waals surface area contributed by atoms with E-state index in [2.05, 4.69) is 75.4 Å². The average molecular weight is 464 g/mol. The molecule has 0 spiro atoms. The molecular formula is C26H37N7O. The van der Waals surface area contributed by atoms with Crippen LogP contribution in [0.15, 0.2) is 30.7 Å². The van der Waals surface area contributed by atoms with Crippen LogP contribution < -0.4 is 15.0 Å². The molecule has 2 fully saturated rings. The number of ether oxygens (including phenoxy) is 1. The number of nitrogens with one attached hydrogen (secondary N) is 1. The zero-order chi connectivity index (χ0) is 23.2. The van der Waals surface area contributed by atoms with E-state index < -0.39 is 0 Å². The summed E-state index contributed by atoms with van der Waals surface area (Å²) in [6.45, 7) is 9.39. The molecule has 182 valence electrons. The van der Waals surface area contributed by atoms with Gasteiger partial charge in [-0.05, 0) is 83.8 Å². The molecule has 4 aliphatic heterocycles. The molecule has 34 heavy (non-hydrogen) atoms. The van der Waals surface area contributed by atoms with E-state index in [9.17, 15) is 0 Å². The monoisotopic (exact) mass is 463 g/mol. The SMILES string of the molecule is CC(C)n1ncnc1C1=CN2CCOc3ccc(N4CCCC4C4CCN(C)CC4)cc3C2N1. The summed E-state index contributed by atoms with van der Waals surface area (Å²) in [5.41, 5.74) is 3.58. The van der Waals surface area contributed by atoms with Gasteiger partial charge in [-0.1, -0.05) is 0 Å². The standard InChI is InChI=1S/C26H37N7O/c1-18(2)33-26(27-17-28-33)22-16-31-13-14-34-24-7-6-20(15-21(24)25(31)29-22)32-10-4-5-23(32)19-8-11-30(3)12-9-19/h6-7,15-19,23,25,29H,4-5,8-14H2,1-3H3. The first-order valence-electron chi connectivity index (χ1n) is 12.9. The maximum atomic E-state index is 6.18. The summed E-state index contributed by atoms with van der Waals surface area (Å²) in [5.74, 6) is 2.67. The molecule has 6 rings (SSSR count). The van der Waals surface area contributed by atoms with Gasteiger partial charge in [-0.2, -0.15) is 5.10 Å². The first-order chi connectivity index (χ1) is 16.6. The van der Waals surface area contributed by atoms with E-state index in [4.69, 9.17) is 4.74 Å². The fraction of sp³-hybridized carbons (Fsp3) is 0.615. The first kappa shape index (κ1) is 21.8. The molecule has 2 unspecified atom stereocenters. The lowest BCUT2D eigenvalue weighted by Gasteiger charge is -2.38. The maximum Gasteiger partial charge on any atom is 0.176 e. The van der Waals surface area contributed by atoms with Crippen LogP contribution in [-0.2, 0) is 0 Å². The van der Waals surface area contributed by atoms with Crippen LogP contribution in [0.5, 0.6) is 5.75 Å². The van der Waals surface area contributed by atoms with Crippen LogP contribution in [0.25, 0.3) is 5.70 Å². The Labute approximate surface area is 202 Å². The zero-order valence-electron chi connectivity index (χ0n) is 20.7. The zero-order valence-corrected chi connectivity index (χ0v) is 20.7. The molecule has 0 amide bonds. The molecule has 2 atom stereocenters. The smallest absolute Gasteiger partial charge is 0.176 e. The second-order valence-corrected chi connectivity index (χ2v) is 10.6. The second-order valence-electron chi connectivity index (χ2n) is 10.6. The summed E-state index contributed by atoms with van der Waals surface area (Å²) in [6, 6.07) is 7.76. The number of piperidine rings is 1. The fourth-order valence-electron chi connectivity index (χ4n) is 6.24. The number of benzene rings is 1. The van der Waals surface area contributed by atoms with E-state index in [1.54, 1.807) is 6.33 Å². The van der Waals surface area contributed by atoms with E-state index in [1.165, 1.54) is 50.0 Å². The highest BCUT2D eigenvalue weighted by atomic mass is 16.5. The van der Waals surface area contributed by atoms with Crippen molar-refractivity contribution in [2.24, 2.45) is 5.92 Å². The lowest BCUT2D eigenvalue weighted by Crippen LogP contribution is -2.41. The van der Waals surface area contributed by atoms with Gasteiger partial charge in [-0.15, -0.1) is 0 Å². The summed E-state index contributed by atoms with van der Waals surface area (Å²) in [6.07, 6.45) is 9.11. The van der Waals surface area contributed by atoms with Gasteiger partial charge in [0, 0.05) is 36.1 Å². The number of aromatic nitrogens is 3. The van der Waals surface area contributed by atoms with Crippen LogP contribution in [0.2, 0.25) is 0 Å². The van der Waals surface area contributed by atoms with Crippen LogP contribution >= 0.6 is 0 Å². The van der Waals surface area contributed by atoms with Crippen LogP contribution in [0.4, 0.5) is 5.69 Å². The van der Waals surface area contributed by atoms with E-state index >= 15 is 0 Å². The molecule has 0 radical (unpaired) electrons. The number of hydrogen-bond acceptors (Lipinski definition) is 7. The van der Waals surface area contributed by atoms with Gasteiger partial charge < -0.3 is 24.8 Å². The third-order valence-electron chi connectivity index (χ3n) is 8.06. The molecule has 2 saturated heterocycles. The van der Waals surface area contributed by atoms with Crippen molar-refractivity contribution in [2.45, 2.75) is 57.8 Å². The Kier molecular flexibility index (Phi) is 5.63. The third-order valence-corrected chi connectivity index (χ3v) is 8.06. The van der Waals surface area contributed by atoms with Gasteiger partial charge in [-0.25, -0.2) is 9.67 Å². The van der Waals surface area contributed by atoms with Crippen LogP contribution in [-0.4, -0.2) is 70.4 Å². The lowest BCUT2D eigenvalue weighted by molar-refractivity contribution is 0.199. The van der Waals surface area contributed by atoms with Gasteiger partial charge >= 0.3 is 0 Å². The Balaban J connectivity index is 1.28. The largest absolute Gasteiger partial charge is 0.491 e. The van der Waals surface area contributed by atoms with E-state index in [0.29, 0.717) is 12.6 Å². The minimum Gasteiger partial charge on any atom is -0.491 e. The van der Waals surface area contributed by atoms with Crippen molar-refractivity contribution in [3.8, 4) is 5.75 Å². The van der Waals surface area contributed by atoms with Crippen molar-refractivity contribution in [1.82, 2.24) is 29.9 Å². The third kappa shape index (κ3) is 3.82. The quantitative estimate of drug-likeness (QED) is 0.745. The Bertz CT molecular complexity index is 1060. The first-order valence-corrected chi connectivity index (χ1v) is 12.9. The van der Waals surface area contributed by atoms with Crippen LogP contribution in [0, 0.1) is 5.92 Å². The van der Waals surface area contributed by atoms with Crippen molar-refractivity contribution in [1.29, 1.82) is 0 Å². The Hall–Kier alpha value is -2.74. The average Bonchev–Trinajstić information content (AvgIpc) is 3.58. The van der Waals surface area contributed by atoms with Crippen LogP contribution in [0.1, 0.15) is 63.1 Å². The molecule has 2 aromatic rings. The second kappa shape index (κ2) is 8.80. The number of anilines is 1. The highest BCUT2D eigenvalue weighted by Crippen LogP contribution is 2.41. The summed E-state index contributed by atoms with van der Waals surface area (Å²) in [7, 11) is 2.25. The van der Waals surface area contributed by atoms with Crippen molar-refractivity contribution in [3.63, 3.8) is 0 Å². The minimum atomic E-state index is 0.0501. The fourth-order valence-corrected chi connectivity index (χ4v) is 6.24. The Morgan fingerprint density at radius 1 is 1.09 bits per heavy atom. The van der Waals surface area contributed by atoms with E-state index in [1.807, 2.05) is 4.68 Å². The molecule has 4 aliphatic rings. The predicted octanol–water partition coefficient (Wildman–Crippen LogP) is 3.46. The molecule has 1 aromatic carbocycles. The van der Waals surface area contributed by atoms with Crippen molar-refractivity contribution >= 4 is 11.4 Å². The number of nitrogens with zero attached hydrogens (tertiary/aromatic N) is 6. The van der Waals surface area contributed by atoms with Crippen molar-refractivity contribution in [2.75, 3.05) is 44.7 Å². The molecule has 0 bridgehead atoms. The highest BCUT2D eigenvalue weighted by Gasteiger charge is 2.36. The Morgan fingerprint density at radius 2 is 1.94 bits per heavy atom. The van der Waals surface area contributed by atoms with Gasteiger partial charge in [0.05, 0.1) is 12.2 Å². The molecule has 0 aliphatic carbocycles. The van der Waals surface area contributed by atoms with E-state index in [0.717, 1.165) is 36.3 Å². The number of fused-ring (bicyclic) bond motifs is 3. The topological polar surface area (TPSA) is 61.7 Å². The van der Waals surface area contributed by atoms with Crippen molar-refractivity contribution in [3.05, 3.63) is 42.1 Å². The molecule has 1 N–H and O–H groups in total. The molecule has 5 heterocycles. The molecule has 8 heteroatoms. The van der Waals surface area contributed by atoms with Gasteiger partial charge in [0.25, 0.3) is 0 Å². The summed E-state index contributed by atoms with van der Waals surface area (Å²) in [5, 5.41) is 8.18. The Morgan fingerprint density at radius 3 is 2.76 bits per heavy atom. The predicted molar refractivity (Wildman–Crippen MR) is 133 cm³/mol. The summed E-state index contributed by atoms with van der Waals surface area (Å²) in [4.78, 5) is 12.1. The molecule has 1 aromatic heterocycles. The molecule has 0 saturated carbocycles. The minimum absolute atomic E-state index is 0.0501. The normalized spacial score (nSPS) is 25.6. The summed E-state index contributed by atoms with van der Waals surface area (Å²) < 4.78 is 8.16. The van der Waals surface area contributed by atoms with Gasteiger partial charge in [0.2, 0.25) is 0 Å². The maximum absolute atomic E-state index is 6.18. The lowest BCUT2D eigenvalue weighted by atomic mass is 9.88. The summed E-state index contributed by atoms with van der Waals surface area (Å²) >= 11 is 0. The van der Waals surface area contributed by atoms with Crippen molar-refractivity contribution < 1.29 is 4.74 Å². The van der Waals surface area contributed by atoms with Gasteiger partial charge in [0.1, 0.15) is 24.8 Å². The number of rotatable bonds is 4. The number of hydrogen-bond donors (Lipinski definition) is 1. The molecule has 8 nitrogen and oxygen atoms in total. The number of likely N-dealkylation sites (tertiary alicyclic amines) is 1.